The third kappa shape index (κ3) is 2.80. The van der Waals surface area contributed by atoms with Crippen LogP contribution in [-0.2, 0) is 20.6 Å². The summed E-state index contributed by atoms with van der Waals surface area (Å²) in [5.74, 6) is -0.257. The number of aryl methyl sites for hydroxylation is 2. The van der Waals surface area contributed by atoms with Crippen LogP contribution in [0.5, 0.6) is 0 Å². The number of anilines is 1. The smallest absolute Gasteiger partial charge is 0.303 e. The molecule has 3 rings (SSSR count). The maximum Gasteiger partial charge on any atom is 0.332 e. The first-order chi connectivity index (χ1) is 12.4. The Morgan fingerprint density at radius 2 is 2.04 bits per heavy atom. The number of benzene rings is 1. The molecular weight excluding hydrogens is 363 g/mol. The van der Waals surface area contributed by atoms with Crippen molar-refractivity contribution in [2.24, 2.45) is 19.2 Å². The second-order valence-corrected chi connectivity index (χ2v) is 5.97. The van der Waals surface area contributed by atoms with Crippen molar-refractivity contribution in [1.29, 1.82) is 0 Å². The van der Waals surface area contributed by atoms with Crippen LogP contribution in [0, 0.1) is 5.82 Å². The number of halogens is 2. The van der Waals surface area contributed by atoms with Crippen molar-refractivity contribution in [2.75, 3.05) is 5.43 Å². The molecule has 2 aromatic heterocycles. The maximum absolute atomic E-state index is 13.8. The van der Waals surface area contributed by atoms with E-state index in [9.17, 15) is 14.0 Å². The van der Waals surface area contributed by atoms with Crippen molar-refractivity contribution >= 4 is 34.9 Å². The lowest BCUT2D eigenvalue weighted by Gasteiger charge is -2.06. The summed E-state index contributed by atoms with van der Waals surface area (Å²) in [5.41, 5.74) is 2.40. The van der Waals surface area contributed by atoms with Crippen LogP contribution in [0.25, 0.3) is 11.2 Å². The van der Waals surface area contributed by atoms with E-state index in [1.807, 2.05) is 6.92 Å². The molecule has 0 aliphatic rings. The predicted molar refractivity (Wildman–Crippen MR) is 98.5 cm³/mol. The number of hydrazone groups is 1. The van der Waals surface area contributed by atoms with E-state index in [1.54, 1.807) is 10.6 Å². The Kier molecular flexibility index (Phi) is 4.64. The zero-order valence-electron chi connectivity index (χ0n) is 14.3. The normalized spacial score (nSPS) is 11.6. The van der Waals surface area contributed by atoms with E-state index in [0.29, 0.717) is 6.54 Å². The predicted octanol–water partition coefficient (Wildman–Crippen LogP) is 1.69. The van der Waals surface area contributed by atoms with Crippen molar-refractivity contribution in [3.05, 3.63) is 55.4 Å². The standard InChI is InChI=1S/C16H16ClFN6O2/c1-4-24-12-13(22(2)16(26)23(3)14(12)25)20-15(24)21-19-8-9-10(17)6-5-7-11(9)18/h5-8H,4H2,1-3H3,(H,20,21)/b19-8+. The van der Waals surface area contributed by atoms with Gasteiger partial charge in [0.25, 0.3) is 5.56 Å². The Morgan fingerprint density at radius 3 is 2.69 bits per heavy atom. The van der Waals surface area contributed by atoms with Gasteiger partial charge in [-0.3, -0.25) is 13.9 Å². The Balaban J connectivity index is 2.08. The molecule has 1 aromatic carbocycles. The summed E-state index contributed by atoms with van der Waals surface area (Å²) in [6.07, 6.45) is 1.23. The average Bonchev–Trinajstić information content (AvgIpc) is 2.99. The van der Waals surface area contributed by atoms with Gasteiger partial charge in [-0.05, 0) is 19.1 Å². The third-order valence-electron chi connectivity index (χ3n) is 4.02. The largest absolute Gasteiger partial charge is 0.332 e. The topological polar surface area (TPSA) is 86.2 Å². The van der Waals surface area contributed by atoms with Gasteiger partial charge in [0.1, 0.15) is 5.82 Å². The van der Waals surface area contributed by atoms with Gasteiger partial charge in [0, 0.05) is 26.2 Å². The van der Waals surface area contributed by atoms with Gasteiger partial charge < -0.3 is 4.57 Å². The number of hydrogen-bond donors (Lipinski definition) is 1. The molecule has 3 aromatic rings. The van der Waals surface area contributed by atoms with Crippen LogP contribution < -0.4 is 16.7 Å². The average molecular weight is 379 g/mol. The zero-order valence-corrected chi connectivity index (χ0v) is 15.1. The second kappa shape index (κ2) is 6.75. The molecule has 0 radical (unpaired) electrons. The van der Waals surface area contributed by atoms with E-state index in [-0.39, 0.29) is 27.7 Å². The molecule has 0 atom stereocenters. The van der Waals surface area contributed by atoms with Crippen molar-refractivity contribution < 1.29 is 4.39 Å². The molecule has 0 unspecified atom stereocenters. The molecule has 10 heteroatoms. The monoisotopic (exact) mass is 378 g/mol. The molecular formula is C16H16ClFN6O2. The fraction of sp³-hybridized carbons (Fsp3) is 0.250. The van der Waals surface area contributed by atoms with Gasteiger partial charge in [0.05, 0.1) is 11.2 Å². The highest BCUT2D eigenvalue weighted by Crippen LogP contribution is 2.18. The third-order valence-corrected chi connectivity index (χ3v) is 4.35. The minimum absolute atomic E-state index is 0.129. The summed E-state index contributed by atoms with van der Waals surface area (Å²) < 4.78 is 17.7. The molecule has 0 bridgehead atoms. The number of aromatic nitrogens is 4. The number of rotatable bonds is 4. The van der Waals surface area contributed by atoms with Crippen LogP contribution >= 0.6 is 11.6 Å². The van der Waals surface area contributed by atoms with E-state index in [4.69, 9.17) is 11.6 Å². The molecule has 136 valence electrons. The number of fused-ring (bicyclic) bond motifs is 1. The highest BCUT2D eigenvalue weighted by atomic mass is 35.5. The first-order valence-electron chi connectivity index (χ1n) is 7.76. The minimum Gasteiger partial charge on any atom is -0.303 e. The van der Waals surface area contributed by atoms with Gasteiger partial charge in [-0.2, -0.15) is 10.1 Å². The zero-order chi connectivity index (χ0) is 19.0. The van der Waals surface area contributed by atoms with Gasteiger partial charge in [-0.1, -0.05) is 17.7 Å². The first kappa shape index (κ1) is 17.9. The van der Waals surface area contributed by atoms with Gasteiger partial charge in [0.15, 0.2) is 11.2 Å². The summed E-state index contributed by atoms with van der Waals surface area (Å²) in [5, 5.41) is 4.18. The molecule has 0 spiro atoms. The van der Waals surface area contributed by atoms with Crippen LogP contribution in [0.15, 0.2) is 32.9 Å². The molecule has 0 fully saturated rings. The molecule has 0 amide bonds. The second-order valence-electron chi connectivity index (χ2n) is 5.56. The highest BCUT2D eigenvalue weighted by molar-refractivity contribution is 6.33. The Morgan fingerprint density at radius 1 is 1.31 bits per heavy atom. The lowest BCUT2D eigenvalue weighted by Crippen LogP contribution is -2.37. The van der Waals surface area contributed by atoms with Crippen LogP contribution in [0.3, 0.4) is 0 Å². The quantitative estimate of drug-likeness (QED) is 0.553. The van der Waals surface area contributed by atoms with Crippen LogP contribution in [-0.4, -0.2) is 24.9 Å². The summed E-state index contributed by atoms with van der Waals surface area (Å²) in [6, 6.07) is 4.32. The SMILES string of the molecule is CCn1c(N/N=C/c2c(F)cccc2Cl)nc2c1c(=O)n(C)c(=O)n2C. The molecule has 8 nitrogen and oxygen atoms in total. The summed E-state index contributed by atoms with van der Waals surface area (Å²) in [4.78, 5) is 28.8. The molecule has 0 aliphatic heterocycles. The molecule has 0 saturated carbocycles. The van der Waals surface area contributed by atoms with Gasteiger partial charge in [-0.15, -0.1) is 0 Å². The fourth-order valence-electron chi connectivity index (χ4n) is 2.63. The maximum atomic E-state index is 13.8. The van der Waals surface area contributed by atoms with Crippen molar-refractivity contribution in [3.63, 3.8) is 0 Å². The van der Waals surface area contributed by atoms with E-state index in [2.05, 4.69) is 15.5 Å². The number of hydrogen-bond acceptors (Lipinski definition) is 5. The van der Waals surface area contributed by atoms with E-state index >= 15 is 0 Å². The first-order valence-corrected chi connectivity index (χ1v) is 8.14. The Bertz CT molecular complexity index is 1120. The van der Waals surface area contributed by atoms with Crippen molar-refractivity contribution in [2.45, 2.75) is 13.5 Å². The lowest BCUT2D eigenvalue weighted by atomic mass is 10.2. The van der Waals surface area contributed by atoms with Crippen LogP contribution in [0.1, 0.15) is 12.5 Å². The van der Waals surface area contributed by atoms with Gasteiger partial charge in [-0.25, -0.2) is 14.6 Å². The summed E-state index contributed by atoms with van der Waals surface area (Å²) in [7, 11) is 2.94. The summed E-state index contributed by atoms with van der Waals surface area (Å²) >= 11 is 5.95. The minimum atomic E-state index is -0.511. The van der Waals surface area contributed by atoms with Crippen molar-refractivity contribution in [1.82, 2.24) is 18.7 Å². The van der Waals surface area contributed by atoms with E-state index in [0.717, 1.165) is 4.57 Å². The lowest BCUT2D eigenvalue weighted by molar-refractivity contribution is 0.626. The summed E-state index contributed by atoms with van der Waals surface area (Å²) in [6.45, 7) is 2.25. The number of nitrogens with zero attached hydrogens (tertiary/aromatic N) is 5. The van der Waals surface area contributed by atoms with Crippen molar-refractivity contribution in [3.8, 4) is 0 Å². The molecule has 26 heavy (non-hydrogen) atoms. The molecule has 0 saturated heterocycles. The highest BCUT2D eigenvalue weighted by Gasteiger charge is 2.17. The number of imidazole rings is 1. The van der Waals surface area contributed by atoms with Crippen LogP contribution in [0.2, 0.25) is 5.02 Å². The Hall–Kier alpha value is -2.94. The Labute approximate surface area is 152 Å². The molecule has 1 N–H and O–H groups in total. The number of nitrogens with one attached hydrogen (secondary N) is 1. The van der Waals surface area contributed by atoms with Gasteiger partial charge >= 0.3 is 5.69 Å². The van der Waals surface area contributed by atoms with E-state index in [1.165, 1.54) is 37.0 Å². The molecule has 2 heterocycles. The fourth-order valence-corrected chi connectivity index (χ4v) is 2.84. The molecule has 0 aliphatic carbocycles. The van der Waals surface area contributed by atoms with Gasteiger partial charge in [0.2, 0.25) is 5.95 Å². The van der Waals surface area contributed by atoms with E-state index < -0.39 is 17.1 Å². The van der Waals surface area contributed by atoms with Crippen LogP contribution in [0.4, 0.5) is 10.3 Å².